The molecule has 6 heteroatoms. The molecule has 0 atom stereocenters. The number of benzene rings is 3. The van der Waals surface area contributed by atoms with Crippen LogP contribution < -0.4 is 15.0 Å². The number of unbranched alkanes of at least 4 members (excludes halogenated alkanes) is 1. The number of nitrogens with one attached hydrogen (secondary N) is 1. The molecule has 0 aliphatic carbocycles. The van der Waals surface area contributed by atoms with E-state index >= 15 is 0 Å². The van der Waals surface area contributed by atoms with Crippen molar-refractivity contribution in [1.29, 1.82) is 0 Å². The lowest BCUT2D eigenvalue weighted by Crippen LogP contribution is -2.32. The minimum atomic E-state index is -0.469. The number of carbonyl (C=O) groups is 2. The number of hydrogen-bond donors (Lipinski definition) is 1. The molecule has 0 radical (unpaired) electrons. The number of anilines is 2. The van der Waals surface area contributed by atoms with Gasteiger partial charge in [-0.3, -0.25) is 9.59 Å². The van der Waals surface area contributed by atoms with Gasteiger partial charge >= 0.3 is 0 Å². The summed E-state index contributed by atoms with van der Waals surface area (Å²) in [6.07, 6.45) is 3.11. The standard InChI is InChI=1S/C27H25FN2O3/c1-3-4-6-18-9-15-22(16-10-18)30-26(31)24(19-11-13-20(28)14-12-19)25(27(30)32)29-21-7-5-8-23(17-21)33-2/h5,7-17,29H,3-4,6H2,1-2H3. The van der Waals surface area contributed by atoms with Crippen LogP contribution in [0.2, 0.25) is 0 Å². The highest BCUT2D eigenvalue weighted by atomic mass is 19.1. The number of imide groups is 1. The fourth-order valence-electron chi connectivity index (χ4n) is 3.80. The number of halogens is 1. The van der Waals surface area contributed by atoms with Crippen molar-refractivity contribution in [2.24, 2.45) is 0 Å². The number of hydrogen-bond acceptors (Lipinski definition) is 4. The lowest BCUT2D eigenvalue weighted by atomic mass is 10.0. The number of ether oxygens (including phenoxy) is 1. The molecule has 33 heavy (non-hydrogen) atoms. The first-order chi connectivity index (χ1) is 16.0. The molecule has 0 spiro atoms. The third-order valence-corrected chi connectivity index (χ3v) is 5.57. The first-order valence-corrected chi connectivity index (χ1v) is 10.9. The van der Waals surface area contributed by atoms with E-state index in [1.165, 1.54) is 24.3 Å². The number of methoxy groups -OCH3 is 1. The van der Waals surface area contributed by atoms with Gasteiger partial charge in [0.2, 0.25) is 0 Å². The lowest BCUT2D eigenvalue weighted by Gasteiger charge is -2.16. The van der Waals surface area contributed by atoms with Crippen LogP contribution in [0.25, 0.3) is 5.57 Å². The number of amides is 2. The summed E-state index contributed by atoms with van der Waals surface area (Å²) >= 11 is 0. The summed E-state index contributed by atoms with van der Waals surface area (Å²) in [6.45, 7) is 2.13. The third-order valence-electron chi connectivity index (χ3n) is 5.57. The Hall–Kier alpha value is -3.93. The molecule has 3 aromatic carbocycles. The normalized spacial score (nSPS) is 13.6. The van der Waals surface area contributed by atoms with Crippen molar-refractivity contribution in [2.75, 3.05) is 17.3 Å². The molecule has 168 valence electrons. The molecular formula is C27H25FN2O3. The molecule has 1 heterocycles. The van der Waals surface area contributed by atoms with E-state index in [-0.39, 0.29) is 11.3 Å². The van der Waals surface area contributed by atoms with E-state index < -0.39 is 17.6 Å². The van der Waals surface area contributed by atoms with Gasteiger partial charge in [0.15, 0.2) is 0 Å². The summed E-state index contributed by atoms with van der Waals surface area (Å²) in [4.78, 5) is 28.1. The van der Waals surface area contributed by atoms with E-state index in [4.69, 9.17) is 4.74 Å². The van der Waals surface area contributed by atoms with Crippen molar-refractivity contribution in [1.82, 2.24) is 0 Å². The number of carbonyl (C=O) groups excluding carboxylic acids is 2. The van der Waals surface area contributed by atoms with E-state index in [1.807, 2.05) is 12.1 Å². The van der Waals surface area contributed by atoms with E-state index in [0.29, 0.717) is 22.7 Å². The van der Waals surface area contributed by atoms with Gasteiger partial charge in [-0.25, -0.2) is 9.29 Å². The van der Waals surface area contributed by atoms with E-state index in [2.05, 4.69) is 12.2 Å². The average Bonchev–Trinajstić information content (AvgIpc) is 3.08. The van der Waals surface area contributed by atoms with Gasteiger partial charge in [0.05, 0.1) is 18.4 Å². The molecule has 3 aromatic rings. The highest BCUT2D eigenvalue weighted by molar-refractivity contribution is 6.46. The first-order valence-electron chi connectivity index (χ1n) is 10.9. The molecule has 5 nitrogen and oxygen atoms in total. The Morgan fingerprint density at radius 2 is 1.67 bits per heavy atom. The Kier molecular flexibility index (Phi) is 6.54. The van der Waals surface area contributed by atoms with Crippen LogP contribution in [-0.4, -0.2) is 18.9 Å². The second kappa shape index (κ2) is 9.69. The summed E-state index contributed by atoms with van der Waals surface area (Å²) < 4.78 is 18.8. The van der Waals surface area contributed by atoms with Gasteiger partial charge in [-0.1, -0.05) is 43.7 Å². The van der Waals surface area contributed by atoms with Crippen LogP contribution in [0.3, 0.4) is 0 Å². The second-order valence-corrected chi connectivity index (χ2v) is 7.83. The first kappa shape index (κ1) is 22.3. The van der Waals surface area contributed by atoms with Crippen molar-refractivity contribution in [2.45, 2.75) is 26.2 Å². The van der Waals surface area contributed by atoms with E-state index in [1.54, 1.807) is 43.5 Å². The molecule has 2 amide bonds. The highest BCUT2D eigenvalue weighted by Gasteiger charge is 2.40. The summed E-state index contributed by atoms with van der Waals surface area (Å²) in [7, 11) is 1.55. The maximum atomic E-state index is 13.5. The molecule has 4 rings (SSSR count). The largest absolute Gasteiger partial charge is 0.497 e. The van der Waals surface area contributed by atoms with Crippen molar-refractivity contribution in [3.63, 3.8) is 0 Å². The molecule has 1 aliphatic rings. The Morgan fingerprint density at radius 3 is 2.33 bits per heavy atom. The second-order valence-electron chi connectivity index (χ2n) is 7.83. The van der Waals surface area contributed by atoms with Crippen LogP contribution in [-0.2, 0) is 16.0 Å². The molecule has 0 bridgehead atoms. The van der Waals surface area contributed by atoms with Gasteiger partial charge in [0.1, 0.15) is 17.3 Å². The van der Waals surface area contributed by atoms with Crippen molar-refractivity contribution >= 4 is 28.8 Å². The van der Waals surface area contributed by atoms with Crippen LogP contribution in [0.15, 0.2) is 78.5 Å². The molecule has 1 N–H and O–H groups in total. The van der Waals surface area contributed by atoms with E-state index in [9.17, 15) is 14.0 Å². The zero-order chi connectivity index (χ0) is 23.4. The van der Waals surface area contributed by atoms with Gasteiger partial charge < -0.3 is 10.1 Å². The maximum absolute atomic E-state index is 13.5. The Labute approximate surface area is 192 Å². The van der Waals surface area contributed by atoms with Crippen molar-refractivity contribution in [3.8, 4) is 5.75 Å². The summed E-state index contributed by atoms with van der Waals surface area (Å²) in [5.74, 6) is -0.736. The predicted octanol–water partition coefficient (Wildman–Crippen LogP) is 5.57. The topological polar surface area (TPSA) is 58.6 Å². The lowest BCUT2D eigenvalue weighted by molar-refractivity contribution is -0.120. The van der Waals surface area contributed by atoms with Crippen LogP contribution in [0.5, 0.6) is 5.75 Å². The maximum Gasteiger partial charge on any atom is 0.282 e. The SMILES string of the molecule is CCCCc1ccc(N2C(=O)C(Nc3cccc(OC)c3)=C(c3ccc(F)cc3)C2=O)cc1. The predicted molar refractivity (Wildman–Crippen MR) is 127 cm³/mol. The molecular weight excluding hydrogens is 419 g/mol. The average molecular weight is 445 g/mol. The molecule has 0 unspecified atom stereocenters. The highest BCUT2D eigenvalue weighted by Crippen LogP contribution is 2.34. The van der Waals surface area contributed by atoms with E-state index in [0.717, 1.165) is 29.7 Å². The van der Waals surface area contributed by atoms with Crippen LogP contribution in [0.1, 0.15) is 30.9 Å². The zero-order valence-corrected chi connectivity index (χ0v) is 18.6. The minimum absolute atomic E-state index is 0.134. The third kappa shape index (κ3) is 4.65. The molecule has 0 saturated carbocycles. The number of rotatable bonds is 8. The molecule has 1 aliphatic heterocycles. The molecule has 0 saturated heterocycles. The quantitative estimate of drug-likeness (QED) is 0.461. The minimum Gasteiger partial charge on any atom is -0.497 e. The Bertz CT molecular complexity index is 1200. The van der Waals surface area contributed by atoms with Crippen LogP contribution >= 0.6 is 0 Å². The molecule has 0 aromatic heterocycles. The summed E-state index contributed by atoms with van der Waals surface area (Å²) in [5, 5.41) is 3.09. The zero-order valence-electron chi connectivity index (χ0n) is 18.6. The van der Waals surface area contributed by atoms with Gasteiger partial charge in [-0.2, -0.15) is 0 Å². The number of nitrogens with zero attached hydrogens (tertiary/aromatic N) is 1. The number of aryl methyl sites for hydroxylation is 1. The van der Waals surface area contributed by atoms with Gasteiger partial charge in [-0.15, -0.1) is 0 Å². The smallest absolute Gasteiger partial charge is 0.282 e. The fraction of sp³-hybridized carbons (Fsp3) is 0.185. The van der Waals surface area contributed by atoms with Gasteiger partial charge in [0.25, 0.3) is 11.8 Å². The monoisotopic (exact) mass is 444 g/mol. The van der Waals surface area contributed by atoms with Gasteiger partial charge in [0, 0.05) is 11.8 Å². The van der Waals surface area contributed by atoms with Crippen LogP contribution in [0.4, 0.5) is 15.8 Å². The summed E-state index contributed by atoms with van der Waals surface area (Å²) in [6, 6.07) is 20.1. The Morgan fingerprint density at radius 1 is 0.939 bits per heavy atom. The van der Waals surface area contributed by atoms with Gasteiger partial charge in [-0.05, 0) is 60.4 Å². The van der Waals surface area contributed by atoms with Crippen molar-refractivity contribution < 1.29 is 18.7 Å². The fourth-order valence-corrected chi connectivity index (χ4v) is 3.80. The van der Waals surface area contributed by atoms with Crippen LogP contribution in [0, 0.1) is 5.82 Å². The molecule has 0 fully saturated rings. The Balaban J connectivity index is 1.73. The summed E-state index contributed by atoms with van der Waals surface area (Å²) in [5.41, 5.74) is 3.03. The van der Waals surface area contributed by atoms with Crippen molar-refractivity contribution in [3.05, 3.63) is 95.4 Å².